The van der Waals surface area contributed by atoms with Crippen LogP contribution in [-0.2, 0) is 22.4 Å². The monoisotopic (exact) mass is 566 g/mol. The van der Waals surface area contributed by atoms with Crippen LogP contribution in [0, 0.1) is 0 Å². The predicted octanol–water partition coefficient (Wildman–Crippen LogP) is 4.70. The summed E-state index contributed by atoms with van der Waals surface area (Å²) >= 11 is 12.5. The summed E-state index contributed by atoms with van der Waals surface area (Å²) in [6, 6.07) is 20.7. The van der Waals surface area contributed by atoms with Gasteiger partial charge in [0, 0.05) is 35.7 Å². The summed E-state index contributed by atoms with van der Waals surface area (Å²) in [4.78, 5) is 30.3. The molecule has 3 aromatic rings. The zero-order valence-corrected chi connectivity index (χ0v) is 23.3. The zero-order valence-electron chi connectivity index (χ0n) is 21.8. The highest BCUT2D eigenvalue weighted by Crippen LogP contribution is 2.35. The number of halogens is 2. The number of hydrogen-bond acceptors (Lipinski definition) is 5. The Morgan fingerprint density at radius 3 is 2.33 bits per heavy atom. The van der Waals surface area contributed by atoms with Crippen molar-refractivity contribution in [3.05, 3.63) is 87.9 Å². The molecule has 9 heteroatoms. The molecule has 1 aliphatic heterocycles. The second kappa shape index (κ2) is 12.3. The van der Waals surface area contributed by atoms with Crippen LogP contribution in [0.4, 0.5) is 5.69 Å². The molecule has 1 saturated heterocycles. The van der Waals surface area contributed by atoms with E-state index in [4.69, 9.17) is 27.9 Å². The third kappa shape index (κ3) is 6.85. The highest BCUT2D eigenvalue weighted by atomic mass is 35.5. The van der Waals surface area contributed by atoms with Gasteiger partial charge in [-0.25, -0.2) is 0 Å². The topological polar surface area (TPSA) is 73.9 Å². The molecule has 1 atom stereocenters. The van der Waals surface area contributed by atoms with Crippen molar-refractivity contribution in [2.45, 2.75) is 31.3 Å². The van der Waals surface area contributed by atoms with Crippen molar-refractivity contribution in [1.29, 1.82) is 0 Å². The van der Waals surface area contributed by atoms with Crippen LogP contribution in [0.3, 0.4) is 0 Å². The van der Waals surface area contributed by atoms with Crippen molar-refractivity contribution in [3.8, 4) is 11.5 Å². The molecule has 1 fully saturated rings. The lowest BCUT2D eigenvalue weighted by Crippen LogP contribution is -2.48. The number of carbonyl (C=O) groups is 2. The van der Waals surface area contributed by atoms with Gasteiger partial charge in [0.15, 0.2) is 5.75 Å². The van der Waals surface area contributed by atoms with Crippen molar-refractivity contribution in [3.63, 3.8) is 0 Å². The molecule has 0 bridgehead atoms. The fraction of sp³-hybridized carbons (Fsp3) is 0.333. The summed E-state index contributed by atoms with van der Waals surface area (Å²) in [6.45, 7) is 1.59. The number of benzene rings is 3. The molecule has 2 aliphatic rings. The Hall–Kier alpha value is -3.26. The SMILES string of the molecule is CN(C(=O)CN(CC(=O)NC1CCNC1)c1cc(Cl)ccc1Oc1ccc(Cl)cc1)C1Cc2ccccc2C1. The molecule has 2 N–H and O–H groups in total. The minimum atomic E-state index is -0.162. The summed E-state index contributed by atoms with van der Waals surface area (Å²) < 4.78 is 6.17. The van der Waals surface area contributed by atoms with Crippen LogP contribution in [0.15, 0.2) is 66.7 Å². The van der Waals surface area contributed by atoms with Gasteiger partial charge in [-0.15, -0.1) is 0 Å². The zero-order chi connectivity index (χ0) is 27.4. The number of likely N-dealkylation sites (N-methyl/N-ethyl adjacent to an activating group) is 1. The fourth-order valence-corrected chi connectivity index (χ4v) is 5.48. The average molecular weight is 568 g/mol. The maximum Gasteiger partial charge on any atom is 0.242 e. The van der Waals surface area contributed by atoms with Crippen LogP contribution in [-0.4, -0.2) is 62.0 Å². The summed E-state index contributed by atoms with van der Waals surface area (Å²) in [5.74, 6) is 0.822. The Kier molecular flexibility index (Phi) is 8.60. The molecule has 204 valence electrons. The second-order valence-corrected chi connectivity index (χ2v) is 11.0. The number of carbonyl (C=O) groups excluding carboxylic acids is 2. The van der Waals surface area contributed by atoms with Crippen molar-refractivity contribution in [2.75, 3.05) is 38.1 Å². The Labute approximate surface area is 239 Å². The summed E-state index contributed by atoms with van der Waals surface area (Å²) in [5.41, 5.74) is 3.11. The van der Waals surface area contributed by atoms with Crippen LogP contribution in [0.5, 0.6) is 11.5 Å². The number of rotatable bonds is 9. The molecule has 2 amide bonds. The molecule has 0 spiro atoms. The van der Waals surface area contributed by atoms with E-state index in [2.05, 4.69) is 22.8 Å². The predicted molar refractivity (Wildman–Crippen MR) is 155 cm³/mol. The average Bonchev–Trinajstić information content (AvgIpc) is 3.60. The van der Waals surface area contributed by atoms with Crippen LogP contribution < -0.4 is 20.3 Å². The molecular formula is C30H32Cl2N4O3. The first-order chi connectivity index (χ1) is 18.9. The second-order valence-electron chi connectivity index (χ2n) is 10.1. The normalized spacial score (nSPS) is 16.5. The summed E-state index contributed by atoms with van der Waals surface area (Å²) in [7, 11) is 1.84. The highest BCUT2D eigenvalue weighted by Gasteiger charge is 2.29. The number of ether oxygens (including phenoxy) is 1. The van der Waals surface area contributed by atoms with Crippen molar-refractivity contribution >= 4 is 40.7 Å². The van der Waals surface area contributed by atoms with Gasteiger partial charge >= 0.3 is 0 Å². The minimum Gasteiger partial charge on any atom is -0.455 e. The number of amides is 2. The van der Waals surface area contributed by atoms with Gasteiger partial charge in [0.1, 0.15) is 5.75 Å². The largest absolute Gasteiger partial charge is 0.455 e. The van der Waals surface area contributed by atoms with Crippen molar-refractivity contribution < 1.29 is 14.3 Å². The molecule has 0 radical (unpaired) electrons. The molecule has 1 aliphatic carbocycles. The number of fused-ring (bicyclic) bond motifs is 1. The fourth-order valence-electron chi connectivity index (χ4n) is 5.19. The third-order valence-electron chi connectivity index (χ3n) is 7.36. The van der Waals surface area contributed by atoms with Gasteiger partial charge in [0.05, 0.1) is 18.8 Å². The van der Waals surface area contributed by atoms with E-state index >= 15 is 0 Å². The number of anilines is 1. The molecule has 39 heavy (non-hydrogen) atoms. The van der Waals surface area contributed by atoms with Gasteiger partial charge in [-0.05, 0) is 79.4 Å². The number of hydrogen-bond donors (Lipinski definition) is 2. The first-order valence-corrected chi connectivity index (χ1v) is 13.9. The van der Waals surface area contributed by atoms with E-state index in [9.17, 15) is 9.59 Å². The summed E-state index contributed by atoms with van der Waals surface area (Å²) in [6.07, 6.45) is 2.50. The molecule has 0 aromatic heterocycles. The van der Waals surface area contributed by atoms with Gasteiger partial charge in [-0.2, -0.15) is 0 Å². The molecular weight excluding hydrogens is 535 g/mol. The molecule has 0 saturated carbocycles. The van der Waals surface area contributed by atoms with E-state index in [1.54, 1.807) is 52.3 Å². The van der Waals surface area contributed by atoms with Gasteiger partial charge in [-0.3, -0.25) is 9.59 Å². The van der Waals surface area contributed by atoms with Gasteiger partial charge < -0.3 is 25.2 Å². The molecule has 3 aromatic carbocycles. The molecule has 1 heterocycles. The van der Waals surface area contributed by atoms with Gasteiger partial charge in [0.2, 0.25) is 11.8 Å². The quantitative estimate of drug-likeness (QED) is 0.393. The van der Waals surface area contributed by atoms with Crippen LogP contribution >= 0.6 is 23.2 Å². The maximum absolute atomic E-state index is 13.6. The van der Waals surface area contributed by atoms with Crippen LogP contribution in [0.2, 0.25) is 10.0 Å². The molecule has 7 nitrogen and oxygen atoms in total. The minimum absolute atomic E-state index is 0.00297. The molecule has 5 rings (SSSR count). The van der Waals surface area contributed by atoms with Crippen molar-refractivity contribution in [2.24, 2.45) is 0 Å². The van der Waals surface area contributed by atoms with Crippen LogP contribution in [0.1, 0.15) is 17.5 Å². The van der Waals surface area contributed by atoms with E-state index in [0.717, 1.165) is 32.4 Å². The van der Waals surface area contributed by atoms with Crippen molar-refractivity contribution in [1.82, 2.24) is 15.5 Å². The van der Waals surface area contributed by atoms with E-state index in [-0.39, 0.29) is 37.0 Å². The van der Waals surface area contributed by atoms with E-state index in [0.29, 0.717) is 27.2 Å². The summed E-state index contributed by atoms with van der Waals surface area (Å²) in [5, 5.41) is 7.42. The smallest absolute Gasteiger partial charge is 0.242 e. The van der Waals surface area contributed by atoms with Crippen LogP contribution in [0.25, 0.3) is 0 Å². The molecule has 1 unspecified atom stereocenters. The van der Waals surface area contributed by atoms with Gasteiger partial charge in [0.25, 0.3) is 0 Å². The van der Waals surface area contributed by atoms with E-state index in [1.165, 1.54) is 11.1 Å². The Balaban J connectivity index is 1.38. The lowest BCUT2D eigenvalue weighted by atomic mass is 10.1. The highest BCUT2D eigenvalue weighted by molar-refractivity contribution is 6.31. The first-order valence-electron chi connectivity index (χ1n) is 13.2. The standard InChI is InChI=1S/C30H32Cl2N4O3/c1-35(25-14-20-4-2-3-5-21(20)15-25)30(38)19-36(18-29(37)34-24-12-13-33-17-24)27-16-23(32)8-11-28(27)39-26-9-6-22(31)7-10-26/h2-11,16,24-25,33H,12-15,17-19H2,1H3,(H,34,37). The number of nitrogens with zero attached hydrogens (tertiary/aromatic N) is 2. The Morgan fingerprint density at radius 1 is 0.974 bits per heavy atom. The van der Waals surface area contributed by atoms with Gasteiger partial charge in [-0.1, -0.05) is 47.5 Å². The number of nitrogens with one attached hydrogen (secondary N) is 2. The Morgan fingerprint density at radius 2 is 1.67 bits per heavy atom. The van der Waals surface area contributed by atoms with E-state index in [1.807, 2.05) is 19.2 Å². The lowest BCUT2D eigenvalue weighted by Gasteiger charge is -2.31. The third-order valence-corrected chi connectivity index (χ3v) is 7.85. The Bertz CT molecular complexity index is 1300. The lowest BCUT2D eigenvalue weighted by molar-refractivity contribution is -0.130. The maximum atomic E-state index is 13.6. The van der Waals surface area contributed by atoms with E-state index < -0.39 is 0 Å². The first kappa shape index (κ1) is 27.3.